The number of nitrogens with zero attached hydrogens (tertiary/aromatic N) is 9. The predicted octanol–water partition coefficient (Wildman–Crippen LogP) is 31.9. The smallest absolute Gasteiger partial charge is 0.164 e. The van der Waals surface area contributed by atoms with E-state index in [0.29, 0.717) is 52.4 Å². The molecule has 0 amide bonds. The van der Waals surface area contributed by atoms with Crippen molar-refractivity contribution in [3.05, 3.63) is 454 Å². The first-order valence-electron chi connectivity index (χ1n) is 45.2. The standard InChI is InChI=1S/C42H29N3.2C41H25N3/c1-42(2)36-15-9-8-14-33(36)34-23-22-31(25-37(34)42)41-44-39(29-11-4-3-5-12-29)43-40(45-41)30-21-18-27-17-20-28-19-16-26-10-6-7-13-32(26)38(28)35(27)24-30;1-3-10-31-23-33(20-13-26(31)7-1)39-42-40(34-21-14-27-8-2-4-11-32(27)24-34)44-41(43-39)35-22-17-29-16-19-30-18-15-28-9-5-6-12-36(28)38(30)37(29)25-35;1-2-10-30(11-3-1)39-42-40(32-22-23-35-31(24-32)20-16-26-8-4-6-12-34(26)35)44-41(43-39)33-21-17-28-15-19-29-18-14-27-9-5-7-13-36(27)38(29)37(28)25-33/h3-25H,1-2H3;2*1-25H. The minimum atomic E-state index is -0.109. The minimum absolute atomic E-state index is 0.109. The Balaban J connectivity index is 0.000000107. The van der Waals surface area contributed by atoms with Gasteiger partial charge in [-0.15, -0.1) is 0 Å². The average Bonchev–Trinajstić information content (AvgIpc) is 1.58. The summed E-state index contributed by atoms with van der Waals surface area (Å²) < 4.78 is 0. The summed E-state index contributed by atoms with van der Waals surface area (Å²) in [6.07, 6.45) is 0. The van der Waals surface area contributed by atoms with E-state index in [0.717, 1.165) is 66.2 Å². The normalized spacial score (nSPS) is 12.2. The molecule has 23 aromatic carbocycles. The monoisotopic (exact) mass is 1690 g/mol. The zero-order valence-corrected chi connectivity index (χ0v) is 72.7. The second kappa shape index (κ2) is 32.0. The maximum Gasteiger partial charge on any atom is 0.164 e. The van der Waals surface area contributed by atoms with Crippen molar-refractivity contribution < 1.29 is 0 Å². The van der Waals surface area contributed by atoms with Crippen LogP contribution in [-0.4, -0.2) is 44.9 Å². The molecule has 620 valence electrons. The second-order valence-corrected chi connectivity index (χ2v) is 35.1. The molecule has 0 radical (unpaired) electrons. The first kappa shape index (κ1) is 77.8. The zero-order valence-electron chi connectivity index (χ0n) is 72.7. The Bertz CT molecular complexity index is 9160. The Morgan fingerprint density at radius 2 is 0.368 bits per heavy atom. The van der Waals surface area contributed by atoms with Gasteiger partial charge in [0.15, 0.2) is 52.4 Å². The quantitative estimate of drug-likeness (QED) is 0.130. The van der Waals surface area contributed by atoms with Crippen molar-refractivity contribution in [1.82, 2.24) is 44.9 Å². The van der Waals surface area contributed by atoms with Gasteiger partial charge >= 0.3 is 0 Å². The molecule has 3 aromatic heterocycles. The fourth-order valence-electron chi connectivity index (χ4n) is 20.0. The van der Waals surface area contributed by atoms with Gasteiger partial charge in [0.25, 0.3) is 0 Å². The predicted molar refractivity (Wildman–Crippen MR) is 554 cm³/mol. The van der Waals surface area contributed by atoms with Crippen molar-refractivity contribution in [3.8, 4) is 114 Å². The summed E-state index contributed by atoms with van der Waals surface area (Å²) in [5.41, 5.74) is 13.8. The average molecular weight is 1700 g/mol. The Morgan fingerprint density at radius 1 is 0.135 bits per heavy atom. The lowest BCUT2D eigenvalue weighted by Gasteiger charge is -2.21. The van der Waals surface area contributed by atoms with Crippen LogP contribution < -0.4 is 0 Å². The number of fused-ring (bicyclic) bond motifs is 23. The number of hydrogen-bond donors (Lipinski definition) is 0. The highest BCUT2D eigenvalue weighted by molar-refractivity contribution is 6.23. The molecule has 0 N–H and O–H groups in total. The van der Waals surface area contributed by atoms with Gasteiger partial charge in [0.05, 0.1) is 0 Å². The third kappa shape index (κ3) is 14.0. The molecule has 0 aliphatic heterocycles. The first-order chi connectivity index (χ1) is 65.6. The molecular formula is C124H79N9. The van der Waals surface area contributed by atoms with Crippen LogP contribution in [0.1, 0.15) is 25.0 Å². The maximum absolute atomic E-state index is 5.15. The third-order valence-electron chi connectivity index (χ3n) is 26.8. The van der Waals surface area contributed by atoms with E-state index < -0.39 is 0 Å². The molecule has 1 aliphatic carbocycles. The summed E-state index contributed by atoms with van der Waals surface area (Å²) in [5, 5.41) is 31.6. The van der Waals surface area contributed by atoms with Crippen molar-refractivity contribution in [1.29, 1.82) is 0 Å². The van der Waals surface area contributed by atoms with E-state index in [2.05, 4.69) is 420 Å². The van der Waals surface area contributed by atoms with Gasteiger partial charge in [-0.05, 0) is 205 Å². The Labute approximate surface area is 766 Å². The summed E-state index contributed by atoms with van der Waals surface area (Å²) in [6.45, 7) is 4.61. The fraction of sp³-hybridized carbons (Fsp3) is 0.0242. The van der Waals surface area contributed by atoms with Crippen LogP contribution in [0.2, 0.25) is 0 Å². The lowest BCUT2D eigenvalue weighted by molar-refractivity contribution is 0.660. The summed E-state index contributed by atoms with van der Waals surface area (Å²) >= 11 is 0. The van der Waals surface area contributed by atoms with E-state index in [1.807, 2.05) is 36.4 Å². The van der Waals surface area contributed by atoms with E-state index in [4.69, 9.17) is 44.9 Å². The van der Waals surface area contributed by atoms with Crippen molar-refractivity contribution in [2.24, 2.45) is 0 Å². The van der Waals surface area contributed by atoms with Crippen LogP contribution in [0.4, 0.5) is 0 Å². The zero-order chi connectivity index (χ0) is 88.2. The Morgan fingerprint density at radius 3 is 0.759 bits per heavy atom. The van der Waals surface area contributed by atoms with Crippen molar-refractivity contribution in [3.63, 3.8) is 0 Å². The lowest BCUT2D eigenvalue weighted by atomic mass is 9.82. The Hall–Kier alpha value is -17.5. The van der Waals surface area contributed by atoms with Crippen LogP contribution in [0.3, 0.4) is 0 Å². The largest absolute Gasteiger partial charge is 0.208 e. The molecule has 26 aromatic rings. The maximum atomic E-state index is 5.15. The summed E-state index contributed by atoms with van der Waals surface area (Å²) in [5.74, 6) is 5.97. The van der Waals surface area contributed by atoms with Crippen molar-refractivity contribution >= 4 is 140 Å². The summed E-state index contributed by atoms with van der Waals surface area (Å²) in [4.78, 5) is 45.6. The molecule has 9 heteroatoms. The van der Waals surface area contributed by atoms with E-state index in [9.17, 15) is 0 Å². The lowest BCUT2D eigenvalue weighted by Crippen LogP contribution is -2.15. The van der Waals surface area contributed by atoms with Crippen LogP contribution in [0.5, 0.6) is 0 Å². The van der Waals surface area contributed by atoms with E-state index in [-0.39, 0.29) is 5.41 Å². The van der Waals surface area contributed by atoms with Gasteiger partial charge in [-0.2, -0.15) is 0 Å². The topological polar surface area (TPSA) is 116 Å². The molecular weight excluding hydrogens is 1620 g/mol. The number of benzene rings is 23. The van der Waals surface area contributed by atoms with Gasteiger partial charge in [0.2, 0.25) is 0 Å². The van der Waals surface area contributed by atoms with E-state index >= 15 is 0 Å². The Kier molecular flexibility index (Phi) is 18.7. The van der Waals surface area contributed by atoms with Crippen LogP contribution in [0.25, 0.3) is 254 Å². The van der Waals surface area contributed by atoms with E-state index in [1.54, 1.807) is 0 Å². The molecule has 9 nitrogen and oxygen atoms in total. The SMILES string of the molecule is CC1(C)c2ccccc2-c2ccc(-c3nc(-c4ccccc4)nc(-c4ccc5ccc6ccc7ccccc7c6c5c4)n3)cc21.c1ccc(-c2nc(-c3ccc4c(ccc5ccccc54)c3)nc(-c3ccc4ccc5ccc6ccccc6c5c4c3)n2)cc1.c1ccc2cc(-c3nc(-c4ccc5ccccc5c4)nc(-c4ccc5ccc6ccc7ccccc7c6c5c4)n3)ccc2c1. The highest BCUT2D eigenvalue weighted by Gasteiger charge is 2.36. The molecule has 0 unspecified atom stereocenters. The van der Waals surface area contributed by atoms with Gasteiger partial charge in [0, 0.05) is 55.5 Å². The molecule has 133 heavy (non-hydrogen) atoms. The molecule has 27 rings (SSSR count). The molecule has 0 saturated carbocycles. The first-order valence-corrected chi connectivity index (χ1v) is 45.2. The molecule has 1 aliphatic rings. The van der Waals surface area contributed by atoms with Crippen LogP contribution in [0.15, 0.2) is 443 Å². The van der Waals surface area contributed by atoms with E-state index in [1.165, 1.54) is 146 Å². The van der Waals surface area contributed by atoms with Gasteiger partial charge in [-0.1, -0.05) is 414 Å². The number of hydrogen-bond acceptors (Lipinski definition) is 9. The molecule has 0 spiro atoms. The van der Waals surface area contributed by atoms with Gasteiger partial charge in [-0.3, -0.25) is 0 Å². The molecule has 0 atom stereocenters. The third-order valence-corrected chi connectivity index (χ3v) is 26.8. The minimum Gasteiger partial charge on any atom is -0.208 e. The molecule has 3 heterocycles. The fourth-order valence-corrected chi connectivity index (χ4v) is 20.0. The number of aromatic nitrogens is 9. The van der Waals surface area contributed by atoms with Crippen LogP contribution >= 0.6 is 0 Å². The van der Waals surface area contributed by atoms with Crippen molar-refractivity contribution in [2.75, 3.05) is 0 Å². The highest BCUT2D eigenvalue weighted by atomic mass is 15.1. The second-order valence-electron chi connectivity index (χ2n) is 35.1. The molecule has 0 fully saturated rings. The summed E-state index contributed by atoms with van der Waals surface area (Å²) in [7, 11) is 0. The van der Waals surface area contributed by atoms with Crippen molar-refractivity contribution in [2.45, 2.75) is 19.3 Å². The molecule has 0 saturated heterocycles. The summed E-state index contributed by atoms with van der Waals surface area (Å²) in [6, 6.07) is 157. The molecule has 0 bridgehead atoms. The van der Waals surface area contributed by atoms with Crippen LogP contribution in [-0.2, 0) is 5.41 Å². The highest BCUT2D eigenvalue weighted by Crippen LogP contribution is 2.50. The van der Waals surface area contributed by atoms with Gasteiger partial charge in [-0.25, -0.2) is 44.9 Å². The van der Waals surface area contributed by atoms with Crippen LogP contribution in [0, 0.1) is 0 Å². The van der Waals surface area contributed by atoms with Gasteiger partial charge in [0.1, 0.15) is 0 Å². The van der Waals surface area contributed by atoms with Gasteiger partial charge < -0.3 is 0 Å². The number of rotatable bonds is 9.